The third-order valence-corrected chi connectivity index (χ3v) is 5.82. The van der Waals surface area contributed by atoms with Crippen LogP contribution in [0.5, 0.6) is 0 Å². The van der Waals surface area contributed by atoms with Gasteiger partial charge in [0.1, 0.15) is 0 Å². The molecule has 2 atom stereocenters. The number of carbonyl (C=O) groups is 2. The van der Waals surface area contributed by atoms with Gasteiger partial charge in [0.2, 0.25) is 12.3 Å². The van der Waals surface area contributed by atoms with E-state index in [1.165, 1.54) is 0 Å². The molecule has 2 N–H and O–H groups in total. The van der Waals surface area contributed by atoms with Gasteiger partial charge in [-0.15, -0.1) is 0 Å². The van der Waals surface area contributed by atoms with Gasteiger partial charge in [-0.1, -0.05) is 29.8 Å². The largest absolute Gasteiger partial charge is 0.340 e. The number of halogens is 1. The molecule has 2 aliphatic heterocycles. The zero-order valence-electron chi connectivity index (χ0n) is 14.5. The highest BCUT2D eigenvalue weighted by Gasteiger charge is 2.45. The Labute approximate surface area is 153 Å². The molecule has 0 saturated carbocycles. The quantitative estimate of drug-likeness (QED) is 0.741. The number of nitrogens with one attached hydrogen (secondary N) is 2. The van der Waals surface area contributed by atoms with E-state index in [1.807, 2.05) is 36.1 Å². The van der Waals surface area contributed by atoms with Crippen LogP contribution in [0.3, 0.4) is 0 Å². The number of benzene rings is 1. The number of hydrogen-bond acceptors (Lipinski definition) is 4. The van der Waals surface area contributed by atoms with Crippen molar-refractivity contribution in [2.45, 2.75) is 25.6 Å². The van der Waals surface area contributed by atoms with Crippen LogP contribution in [0.15, 0.2) is 24.3 Å². The molecule has 2 heterocycles. The molecule has 1 aromatic carbocycles. The van der Waals surface area contributed by atoms with E-state index in [2.05, 4.69) is 15.5 Å². The van der Waals surface area contributed by atoms with Crippen molar-refractivity contribution in [1.29, 1.82) is 0 Å². The molecule has 3 rings (SSSR count). The van der Waals surface area contributed by atoms with Crippen molar-refractivity contribution in [3.05, 3.63) is 34.9 Å². The molecule has 6 nitrogen and oxygen atoms in total. The zero-order chi connectivity index (χ0) is 17.9. The number of nitrogens with zero attached hydrogens (tertiary/aromatic N) is 2. The van der Waals surface area contributed by atoms with E-state index in [0.717, 1.165) is 38.2 Å². The molecule has 2 amide bonds. The summed E-state index contributed by atoms with van der Waals surface area (Å²) in [7, 11) is 0. The minimum absolute atomic E-state index is 0.0470. The van der Waals surface area contributed by atoms with Crippen molar-refractivity contribution in [3.8, 4) is 0 Å². The van der Waals surface area contributed by atoms with Gasteiger partial charge in [0, 0.05) is 56.6 Å². The van der Waals surface area contributed by atoms with Crippen molar-refractivity contribution in [3.63, 3.8) is 0 Å². The Hall–Kier alpha value is -1.63. The second kappa shape index (κ2) is 7.72. The van der Waals surface area contributed by atoms with E-state index in [0.29, 0.717) is 24.5 Å². The Balaban J connectivity index is 1.74. The number of carbonyl (C=O) groups excluding carboxylic acids is 2. The monoisotopic (exact) mass is 364 g/mol. The van der Waals surface area contributed by atoms with Gasteiger partial charge >= 0.3 is 0 Å². The number of hydrogen-bond donors (Lipinski definition) is 2. The average molecular weight is 365 g/mol. The van der Waals surface area contributed by atoms with Crippen LogP contribution in [-0.2, 0) is 16.1 Å². The van der Waals surface area contributed by atoms with Gasteiger partial charge in [0.15, 0.2) is 0 Å². The molecule has 2 saturated heterocycles. The van der Waals surface area contributed by atoms with Crippen LogP contribution in [0, 0.1) is 5.92 Å². The summed E-state index contributed by atoms with van der Waals surface area (Å²) in [4.78, 5) is 27.9. The fourth-order valence-electron chi connectivity index (χ4n) is 3.85. The molecule has 0 radical (unpaired) electrons. The first-order valence-electron chi connectivity index (χ1n) is 8.73. The van der Waals surface area contributed by atoms with Crippen LogP contribution in [0.1, 0.15) is 18.9 Å². The lowest BCUT2D eigenvalue weighted by atomic mass is 9.90. The summed E-state index contributed by atoms with van der Waals surface area (Å²) in [5, 5.41) is 7.00. The van der Waals surface area contributed by atoms with Crippen molar-refractivity contribution >= 4 is 23.9 Å². The van der Waals surface area contributed by atoms with Crippen LogP contribution in [0.4, 0.5) is 0 Å². The average Bonchev–Trinajstić information content (AvgIpc) is 2.99. The summed E-state index contributed by atoms with van der Waals surface area (Å²) in [6.45, 7) is 6.64. The van der Waals surface area contributed by atoms with E-state index in [9.17, 15) is 9.59 Å². The Morgan fingerprint density at radius 2 is 2.08 bits per heavy atom. The predicted octanol–water partition coefficient (Wildman–Crippen LogP) is 1.06. The van der Waals surface area contributed by atoms with E-state index >= 15 is 0 Å². The maximum absolute atomic E-state index is 12.6. The molecular formula is C18H25ClN4O2. The molecule has 0 aromatic heterocycles. The van der Waals surface area contributed by atoms with Crippen LogP contribution >= 0.6 is 11.6 Å². The molecule has 0 aliphatic carbocycles. The minimum Gasteiger partial charge on any atom is -0.340 e. The molecule has 25 heavy (non-hydrogen) atoms. The van der Waals surface area contributed by atoms with Gasteiger partial charge in [-0.25, -0.2) is 0 Å². The lowest BCUT2D eigenvalue weighted by Crippen LogP contribution is -2.65. The third kappa shape index (κ3) is 3.81. The summed E-state index contributed by atoms with van der Waals surface area (Å²) in [6, 6.07) is 7.60. The van der Waals surface area contributed by atoms with Gasteiger partial charge in [0.05, 0.1) is 5.66 Å². The molecule has 0 bridgehead atoms. The molecule has 2 aliphatic rings. The maximum atomic E-state index is 12.6. The normalized spacial score (nSPS) is 24.2. The smallest absolute Gasteiger partial charge is 0.223 e. The number of likely N-dealkylation sites (tertiary alicyclic amines) is 1. The first-order chi connectivity index (χ1) is 12.0. The summed E-state index contributed by atoms with van der Waals surface area (Å²) >= 11 is 6.24. The summed E-state index contributed by atoms with van der Waals surface area (Å²) in [5.74, 6) is 0.157. The van der Waals surface area contributed by atoms with Gasteiger partial charge in [-0.05, 0) is 18.6 Å². The fraction of sp³-hybridized carbons (Fsp3) is 0.556. The van der Waals surface area contributed by atoms with Crippen LogP contribution in [0.25, 0.3) is 0 Å². The molecular weight excluding hydrogens is 340 g/mol. The number of rotatable bonds is 6. The predicted molar refractivity (Wildman–Crippen MR) is 97.0 cm³/mol. The van der Waals surface area contributed by atoms with Gasteiger partial charge in [-0.3, -0.25) is 14.5 Å². The second-order valence-electron chi connectivity index (χ2n) is 6.91. The summed E-state index contributed by atoms with van der Waals surface area (Å²) in [5.41, 5.74) is 0.430. The third-order valence-electron chi connectivity index (χ3n) is 5.45. The van der Waals surface area contributed by atoms with Gasteiger partial charge < -0.3 is 15.5 Å². The second-order valence-corrected chi connectivity index (χ2v) is 7.32. The first-order valence-corrected chi connectivity index (χ1v) is 9.10. The molecule has 2 unspecified atom stereocenters. The van der Waals surface area contributed by atoms with Crippen LogP contribution < -0.4 is 10.6 Å². The Kier molecular flexibility index (Phi) is 5.61. The number of amides is 2. The van der Waals surface area contributed by atoms with Crippen molar-refractivity contribution < 1.29 is 9.59 Å². The van der Waals surface area contributed by atoms with Crippen molar-refractivity contribution in [2.75, 3.05) is 32.7 Å². The van der Waals surface area contributed by atoms with Gasteiger partial charge in [-0.2, -0.15) is 0 Å². The molecule has 1 aromatic rings. The standard InChI is InChI=1S/C18H25ClN4O2/c1-18(21-13-24,23-8-6-20-7-9-23)15-10-17(25)22(12-15)11-14-4-2-3-5-16(14)19/h2-5,13,15,20H,6-12H2,1H3,(H,21,24). The first kappa shape index (κ1) is 18.2. The topological polar surface area (TPSA) is 64.7 Å². The lowest BCUT2D eigenvalue weighted by Gasteiger charge is -2.46. The highest BCUT2D eigenvalue weighted by atomic mass is 35.5. The summed E-state index contributed by atoms with van der Waals surface area (Å²) in [6.07, 6.45) is 1.19. The van der Waals surface area contributed by atoms with Crippen molar-refractivity contribution in [2.24, 2.45) is 5.92 Å². The summed E-state index contributed by atoms with van der Waals surface area (Å²) < 4.78 is 0. The highest BCUT2D eigenvalue weighted by molar-refractivity contribution is 6.31. The Bertz CT molecular complexity index is 635. The lowest BCUT2D eigenvalue weighted by molar-refractivity contribution is -0.128. The van der Waals surface area contributed by atoms with Crippen LogP contribution in [-0.4, -0.2) is 60.5 Å². The van der Waals surface area contributed by atoms with Crippen molar-refractivity contribution in [1.82, 2.24) is 20.4 Å². The molecule has 7 heteroatoms. The van der Waals surface area contributed by atoms with E-state index in [-0.39, 0.29) is 11.8 Å². The zero-order valence-corrected chi connectivity index (χ0v) is 15.3. The Morgan fingerprint density at radius 1 is 1.36 bits per heavy atom. The van der Waals surface area contributed by atoms with Crippen LogP contribution in [0.2, 0.25) is 5.02 Å². The highest BCUT2D eigenvalue weighted by Crippen LogP contribution is 2.32. The fourth-order valence-corrected chi connectivity index (χ4v) is 4.05. The Morgan fingerprint density at radius 3 is 2.76 bits per heavy atom. The van der Waals surface area contributed by atoms with Gasteiger partial charge in [0.25, 0.3) is 0 Å². The van der Waals surface area contributed by atoms with E-state index in [4.69, 9.17) is 11.6 Å². The van der Waals surface area contributed by atoms with E-state index in [1.54, 1.807) is 0 Å². The minimum atomic E-state index is -0.519. The van der Waals surface area contributed by atoms with E-state index < -0.39 is 5.66 Å². The molecule has 2 fully saturated rings. The molecule has 136 valence electrons. The number of piperazine rings is 1. The maximum Gasteiger partial charge on any atom is 0.223 e. The SMILES string of the molecule is CC(NC=O)(C1CC(=O)N(Cc2ccccc2Cl)C1)N1CCNCC1. The molecule has 0 spiro atoms.